The summed E-state index contributed by atoms with van der Waals surface area (Å²) in [5.74, 6) is 0. The van der Waals surface area contributed by atoms with Crippen molar-refractivity contribution in [2.24, 2.45) is 21.1 Å². The normalized spacial score (nSPS) is 15.3. The van der Waals surface area contributed by atoms with Crippen molar-refractivity contribution in [2.45, 2.75) is 6.54 Å². The molecule has 0 bridgehead atoms. The number of halogens is 1. The molecule has 1 aliphatic rings. The van der Waals surface area contributed by atoms with Crippen molar-refractivity contribution in [3.63, 3.8) is 0 Å². The fraction of sp³-hybridized carbons (Fsp3) is 0.500. The van der Waals surface area contributed by atoms with E-state index in [1.54, 1.807) is 25.0 Å². The average molecular weight is 435 g/mol. The molecule has 160 valence electrons. The summed E-state index contributed by atoms with van der Waals surface area (Å²) in [4.78, 5) is 45.5. The number of fused-ring (bicyclic) bond motifs is 1. The highest BCUT2D eigenvalue weighted by molar-refractivity contribution is 6.33. The fourth-order valence-corrected chi connectivity index (χ4v) is 4.05. The monoisotopic (exact) mass is 434 g/mol. The summed E-state index contributed by atoms with van der Waals surface area (Å²) in [6.45, 7) is 4.13. The number of nitrogens with zero attached hydrogens (tertiary/aromatic N) is 8. The third-order valence-electron chi connectivity index (χ3n) is 5.63. The van der Waals surface area contributed by atoms with Crippen LogP contribution in [0.5, 0.6) is 0 Å². The number of hydrogen-bond acceptors (Lipinski definition) is 7. The first-order valence-corrected chi connectivity index (χ1v) is 9.97. The Morgan fingerprint density at radius 2 is 1.67 bits per heavy atom. The zero-order valence-corrected chi connectivity index (χ0v) is 17.8. The minimum atomic E-state index is -0.394. The van der Waals surface area contributed by atoms with E-state index < -0.39 is 5.69 Å². The van der Waals surface area contributed by atoms with Gasteiger partial charge in [-0.3, -0.25) is 23.6 Å². The Labute approximate surface area is 176 Å². The maximum Gasteiger partial charge on any atom is 0.332 e. The second-order valence-electron chi connectivity index (χ2n) is 7.41. The molecule has 30 heavy (non-hydrogen) atoms. The van der Waals surface area contributed by atoms with Crippen molar-refractivity contribution in [2.75, 3.05) is 37.6 Å². The van der Waals surface area contributed by atoms with E-state index >= 15 is 0 Å². The largest absolute Gasteiger partial charge is 0.363 e. The summed E-state index contributed by atoms with van der Waals surface area (Å²) in [5.41, 5.74) is 0.343. The van der Waals surface area contributed by atoms with E-state index in [1.165, 1.54) is 22.5 Å². The Bertz CT molecular complexity index is 1280. The maximum absolute atomic E-state index is 12.5. The van der Waals surface area contributed by atoms with Gasteiger partial charge in [-0.25, -0.2) is 14.5 Å². The van der Waals surface area contributed by atoms with Gasteiger partial charge in [0.25, 0.3) is 11.1 Å². The second-order valence-corrected chi connectivity index (χ2v) is 7.82. The molecule has 3 aromatic rings. The molecule has 0 radical (unpaired) electrons. The van der Waals surface area contributed by atoms with E-state index in [2.05, 4.69) is 15.0 Å². The van der Waals surface area contributed by atoms with Gasteiger partial charge in [0.15, 0.2) is 11.2 Å². The van der Waals surface area contributed by atoms with E-state index in [4.69, 9.17) is 11.6 Å². The summed E-state index contributed by atoms with van der Waals surface area (Å²) >= 11 is 6.21. The van der Waals surface area contributed by atoms with Crippen LogP contribution in [0.2, 0.25) is 5.02 Å². The molecule has 0 N–H and O–H groups in total. The van der Waals surface area contributed by atoms with E-state index in [1.807, 2.05) is 4.90 Å². The van der Waals surface area contributed by atoms with Gasteiger partial charge in [-0.15, -0.1) is 0 Å². The maximum atomic E-state index is 12.5. The number of hydrogen-bond donors (Lipinski definition) is 0. The van der Waals surface area contributed by atoms with E-state index in [0.29, 0.717) is 48.1 Å². The summed E-state index contributed by atoms with van der Waals surface area (Å²) in [7, 11) is 4.68. The molecule has 0 amide bonds. The predicted molar refractivity (Wildman–Crippen MR) is 113 cm³/mol. The van der Waals surface area contributed by atoms with Crippen LogP contribution in [0.15, 0.2) is 26.9 Å². The number of anilines is 1. The van der Waals surface area contributed by atoms with Gasteiger partial charge in [-0.2, -0.15) is 5.10 Å². The topological polar surface area (TPSA) is 103 Å². The molecule has 4 heterocycles. The van der Waals surface area contributed by atoms with Crippen molar-refractivity contribution in [1.82, 2.24) is 33.4 Å². The van der Waals surface area contributed by atoms with Crippen LogP contribution in [0.3, 0.4) is 0 Å². The van der Waals surface area contributed by atoms with Gasteiger partial charge in [-0.1, -0.05) is 11.6 Å². The van der Waals surface area contributed by atoms with Gasteiger partial charge in [0.2, 0.25) is 0 Å². The Morgan fingerprint density at radius 3 is 2.37 bits per heavy atom. The van der Waals surface area contributed by atoms with Gasteiger partial charge in [0, 0.05) is 60.4 Å². The highest BCUT2D eigenvalue weighted by Gasteiger charge is 2.22. The minimum absolute atomic E-state index is 0.206. The average Bonchev–Trinajstić information content (AvgIpc) is 3.17. The van der Waals surface area contributed by atoms with Crippen molar-refractivity contribution < 1.29 is 0 Å². The third-order valence-corrected chi connectivity index (χ3v) is 5.91. The first-order chi connectivity index (χ1) is 14.3. The van der Waals surface area contributed by atoms with Crippen LogP contribution in [-0.4, -0.2) is 66.1 Å². The number of imidazole rings is 1. The van der Waals surface area contributed by atoms with Crippen molar-refractivity contribution in [1.29, 1.82) is 0 Å². The van der Waals surface area contributed by atoms with Crippen LogP contribution < -0.4 is 21.7 Å². The Hall–Kier alpha value is -2.92. The molecule has 0 atom stereocenters. The van der Waals surface area contributed by atoms with Gasteiger partial charge >= 0.3 is 5.69 Å². The quantitative estimate of drug-likeness (QED) is 0.519. The number of aromatic nitrogens is 6. The Morgan fingerprint density at radius 1 is 0.967 bits per heavy atom. The van der Waals surface area contributed by atoms with Gasteiger partial charge in [0.05, 0.1) is 17.5 Å². The zero-order valence-electron chi connectivity index (χ0n) is 17.1. The predicted octanol–water partition coefficient (Wildman–Crippen LogP) is -0.997. The van der Waals surface area contributed by atoms with Crippen LogP contribution >= 0.6 is 11.6 Å². The summed E-state index contributed by atoms with van der Waals surface area (Å²) < 4.78 is 5.55. The smallest absolute Gasteiger partial charge is 0.332 e. The minimum Gasteiger partial charge on any atom is -0.363 e. The lowest BCUT2D eigenvalue weighted by Crippen LogP contribution is -2.49. The third kappa shape index (κ3) is 3.33. The standard InChI is InChI=1S/C18H23ClN8O3/c1-22-15-14(16(28)23(2)18(22)30)27(11-20-15)9-6-25-4-7-26(8-5-25)13-12(19)10-21-24(3)17(13)29/h10-11H,4-9H2,1-3H3. The molecule has 0 saturated carbocycles. The van der Waals surface area contributed by atoms with E-state index in [0.717, 1.165) is 17.7 Å². The lowest BCUT2D eigenvalue weighted by Gasteiger charge is -2.36. The van der Waals surface area contributed by atoms with E-state index in [-0.39, 0.29) is 11.1 Å². The molecular formula is C18H23ClN8O3. The van der Waals surface area contributed by atoms with Gasteiger partial charge in [-0.05, 0) is 0 Å². The molecule has 1 fully saturated rings. The molecule has 0 aliphatic carbocycles. The molecule has 12 heteroatoms. The first-order valence-electron chi connectivity index (χ1n) is 9.59. The van der Waals surface area contributed by atoms with Crippen molar-refractivity contribution >= 4 is 28.5 Å². The lowest BCUT2D eigenvalue weighted by molar-refractivity contribution is 0.249. The van der Waals surface area contributed by atoms with Gasteiger partial charge < -0.3 is 9.47 Å². The molecule has 1 aliphatic heterocycles. The van der Waals surface area contributed by atoms with Crippen LogP contribution in [-0.2, 0) is 27.7 Å². The van der Waals surface area contributed by atoms with E-state index in [9.17, 15) is 14.4 Å². The summed E-state index contributed by atoms with van der Waals surface area (Å²) in [6.07, 6.45) is 3.09. The van der Waals surface area contributed by atoms with Crippen LogP contribution in [0.1, 0.15) is 0 Å². The summed E-state index contributed by atoms with van der Waals surface area (Å²) in [5, 5.41) is 4.29. The second kappa shape index (κ2) is 7.73. The molecular weight excluding hydrogens is 412 g/mol. The molecule has 1 saturated heterocycles. The summed E-state index contributed by atoms with van der Waals surface area (Å²) in [6, 6.07) is 0. The SMILES string of the molecule is Cn1ncc(Cl)c(N2CCN(CCn3cnc4c3c(=O)n(C)c(=O)n4C)CC2)c1=O. The molecule has 3 aromatic heterocycles. The van der Waals surface area contributed by atoms with Crippen LogP contribution in [0.25, 0.3) is 11.2 Å². The highest BCUT2D eigenvalue weighted by atomic mass is 35.5. The van der Waals surface area contributed by atoms with Gasteiger partial charge in [0.1, 0.15) is 5.69 Å². The lowest BCUT2D eigenvalue weighted by atomic mass is 10.2. The van der Waals surface area contributed by atoms with Crippen molar-refractivity contribution in [3.05, 3.63) is 48.7 Å². The number of rotatable bonds is 4. The molecule has 0 unspecified atom stereocenters. The van der Waals surface area contributed by atoms with Crippen molar-refractivity contribution in [3.8, 4) is 0 Å². The Balaban J connectivity index is 1.46. The Kier molecular flexibility index (Phi) is 5.24. The molecule has 4 rings (SSSR count). The zero-order chi connectivity index (χ0) is 21.6. The molecule has 11 nitrogen and oxygen atoms in total. The first kappa shape index (κ1) is 20.4. The highest BCUT2D eigenvalue weighted by Crippen LogP contribution is 2.21. The molecule has 0 aromatic carbocycles. The van der Waals surface area contributed by atoms with Crippen LogP contribution in [0.4, 0.5) is 5.69 Å². The molecule has 0 spiro atoms. The number of aryl methyl sites for hydroxylation is 2. The number of piperazine rings is 1. The fourth-order valence-electron chi connectivity index (χ4n) is 3.80. The van der Waals surface area contributed by atoms with Crippen LogP contribution in [0, 0.1) is 0 Å².